The van der Waals surface area contributed by atoms with Crippen LogP contribution in [0.25, 0.3) is 0 Å². The predicted octanol–water partition coefficient (Wildman–Crippen LogP) is 1.78. The first kappa shape index (κ1) is 10.3. The van der Waals surface area contributed by atoms with Crippen LogP contribution in [0, 0.1) is 5.82 Å². The standard InChI is InChI=1S/C9H13FNOP/c1-12-9-6(11)4-5-7(8(9)10)13(2)3/h4-5H,11H2,1-3H3. The van der Waals surface area contributed by atoms with E-state index in [4.69, 9.17) is 10.5 Å². The molecule has 4 heteroatoms. The molecule has 1 aromatic carbocycles. The van der Waals surface area contributed by atoms with Crippen molar-refractivity contribution in [2.75, 3.05) is 26.2 Å². The van der Waals surface area contributed by atoms with Crippen molar-refractivity contribution in [3.05, 3.63) is 17.9 Å². The van der Waals surface area contributed by atoms with E-state index in [1.165, 1.54) is 7.11 Å². The number of methoxy groups -OCH3 is 1. The van der Waals surface area contributed by atoms with Gasteiger partial charge in [0.15, 0.2) is 11.6 Å². The predicted molar refractivity (Wildman–Crippen MR) is 55.8 cm³/mol. The fourth-order valence-corrected chi connectivity index (χ4v) is 1.98. The lowest BCUT2D eigenvalue weighted by Crippen LogP contribution is -2.09. The normalized spacial score (nSPS) is 10.5. The highest BCUT2D eigenvalue weighted by Gasteiger charge is 2.13. The van der Waals surface area contributed by atoms with Crippen LogP contribution in [0.2, 0.25) is 0 Å². The van der Waals surface area contributed by atoms with Crippen LogP contribution in [-0.2, 0) is 0 Å². The van der Waals surface area contributed by atoms with E-state index in [1.807, 2.05) is 13.3 Å². The maximum absolute atomic E-state index is 13.6. The van der Waals surface area contributed by atoms with E-state index >= 15 is 0 Å². The topological polar surface area (TPSA) is 35.2 Å². The molecule has 1 aromatic rings. The molecule has 0 heterocycles. The first-order valence-electron chi connectivity index (χ1n) is 3.87. The smallest absolute Gasteiger partial charge is 0.178 e. The molecule has 0 aliphatic carbocycles. The number of halogens is 1. The first-order chi connectivity index (χ1) is 6.07. The molecule has 0 aliphatic heterocycles. The van der Waals surface area contributed by atoms with Crippen molar-refractivity contribution in [3.8, 4) is 5.75 Å². The van der Waals surface area contributed by atoms with Gasteiger partial charge in [-0.15, -0.1) is 0 Å². The Labute approximate surface area is 78.6 Å². The summed E-state index contributed by atoms with van der Waals surface area (Å²) in [5.41, 5.74) is 5.89. The molecule has 1 rings (SSSR count). The van der Waals surface area contributed by atoms with Gasteiger partial charge in [0.2, 0.25) is 0 Å². The summed E-state index contributed by atoms with van der Waals surface area (Å²) in [6, 6.07) is 3.40. The molecule has 0 aliphatic rings. The molecule has 0 spiro atoms. The summed E-state index contributed by atoms with van der Waals surface area (Å²) in [6.45, 7) is 3.98. The minimum atomic E-state index is -0.461. The Hall–Kier alpha value is -0.820. The molecule has 0 radical (unpaired) electrons. The van der Waals surface area contributed by atoms with E-state index < -0.39 is 7.92 Å². The van der Waals surface area contributed by atoms with Crippen LogP contribution >= 0.6 is 7.92 Å². The highest BCUT2D eigenvalue weighted by Crippen LogP contribution is 2.31. The second kappa shape index (κ2) is 3.93. The Kier molecular flexibility index (Phi) is 3.10. The second-order valence-electron chi connectivity index (χ2n) is 2.92. The number of anilines is 1. The van der Waals surface area contributed by atoms with Crippen molar-refractivity contribution in [1.82, 2.24) is 0 Å². The van der Waals surface area contributed by atoms with Gasteiger partial charge in [-0.2, -0.15) is 0 Å². The molecule has 0 aromatic heterocycles. The van der Waals surface area contributed by atoms with Crippen LogP contribution < -0.4 is 15.8 Å². The molecule has 72 valence electrons. The maximum Gasteiger partial charge on any atom is 0.178 e. The quantitative estimate of drug-likeness (QED) is 0.584. The van der Waals surface area contributed by atoms with Gasteiger partial charge in [-0.05, 0) is 25.5 Å². The fraction of sp³-hybridized carbons (Fsp3) is 0.333. The first-order valence-corrected chi connectivity index (χ1v) is 6.10. The van der Waals surface area contributed by atoms with E-state index in [0.29, 0.717) is 11.0 Å². The molecule has 0 saturated heterocycles. The molecule has 2 nitrogen and oxygen atoms in total. The lowest BCUT2D eigenvalue weighted by molar-refractivity contribution is 0.390. The summed E-state index contributed by atoms with van der Waals surface area (Å²) in [5.74, 6) is -0.160. The Balaban J connectivity index is 3.27. The number of hydrogen-bond acceptors (Lipinski definition) is 2. The van der Waals surface area contributed by atoms with Gasteiger partial charge in [-0.3, -0.25) is 0 Å². The van der Waals surface area contributed by atoms with Crippen molar-refractivity contribution in [2.24, 2.45) is 0 Å². The van der Waals surface area contributed by atoms with Crippen molar-refractivity contribution in [2.45, 2.75) is 0 Å². The molecule has 13 heavy (non-hydrogen) atoms. The van der Waals surface area contributed by atoms with E-state index in [-0.39, 0.29) is 11.6 Å². The maximum atomic E-state index is 13.6. The van der Waals surface area contributed by atoms with Gasteiger partial charge in [0.1, 0.15) is 0 Å². The molecule has 0 fully saturated rings. The van der Waals surface area contributed by atoms with Crippen molar-refractivity contribution in [1.29, 1.82) is 0 Å². The van der Waals surface area contributed by atoms with Crippen LogP contribution in [0.15, 0.2) is 12.1 Å². The summed E-state index contributed by atoms with van der Waals surface area (Å²) >= 11 is 0. The Morgan fingerprint density at radius 3 is 2.46 bits per heavy atom. The Bertz CT molecular complexity index is 315. The van der Waals surface area contributed by atoms with Gasteiger partial charge >= 0.3 is 0 Å². The summed E-state index contributed by atoms with van der Waals surface area (Å²) in [5, 5.41) is 0.695. The van der Waals surface area contributed by atoms with E-state index in [1.54, 1.807) is 12.1 Å². The summed E-state index contributed by atoms with van der Waals surface area (Å²) in [6.07, 6.45) is 0. The average molecular weight is 201 g/mol. The molecule has 0 saturated carbocycles. The van der Waals surface area contributed by atoms with Crippen molar-refractivity contribution in [3.63, 3.8) is 0 Å². The van der Waals surface area contributed by atoms with Gasteiger partial charge in [0.25, 0.3) is 0 Å². The monoisotopic (exact) mass is 201 g/mol. The Morgan fingerprint density at radius 1 is 1.38 bits per heavy atom. The van der Waals surface area contributed by atoms with E-state index in [9.17, 15) is 4.39 Å². The number of nitrogens with two attached hydrogens (primary N) is 1. The lowest BCUT2D eigenvalue weighted by atomic mass is 10.3. The number of benzene rings is 1. The third kappa shape index (κ3) is 1.92. The SMILES string of the molecule is COc1c(N)ccc(P(C)C)c1F. The zero-order valence-electron chi connectivity index (χ0n) is 7.97. The van der Waals surface area contributed by atoms with Gasteiger partial charge in [0, 0.05) is 5.30 Å². The average Bonchev–Trinajstić information content (AvgIpc) is 2.04. The van der Waals surface area contributed by atoms with Gasteiger partial charge < -0.3 is 10.5 Å². The molecule has 0 atom stereocenters. The summed E-state index contributed by atoms with van der Waals surface area (Å²) < 4.78 is 18.5. The zero-order chi connectivity index (χ0) is 10.0. The van der Waals surface area contributed by atoms with Crippen LogP contribution in [0.1, 0.15) is 0 Å². The number of nitrogen functional groups attached to an aromatic ring is 1. The number of ether oxygens (including phenoxy) is 1. The third-order valence-corrected chi connectivity index (χ3v) is 3.10. The third-order valence-electron chi connectivity index (χ3n) is 1.79. The van der Waals surface area contributed by atoms with Crippen LogP contribution in [0.5, 0.6) is 5.75 Å². The van der Waals surface area contributed by atoms with Crippen molar-refractivity contribution >= 4 is 18.9 Å². The molecule has 2 N–H and O–H groups in total. The molecule has 0 unspecified atom stereocenters. The molecular weight excluding hydrogens is 188 g/mol. The zero-order valence-corrected chi connectivity index (χ0v) is 8.86. The number of rotatable bonds is 2. The minimum Gasteiger partial charge on any atom is -0.492 e. The van der Waals surface area contributed by atoms with E-state index in [2.05, 4.69) is 0 Å². The van der Waals surface area contributed by atoms with Gasteiger partial charge in [-0.1, -0.05) is 7.92 Å². The second-order valence-corrected chi connectivity index (χ2v) is 5.19. The van der Waals surface area contributed by atoms with Crippen molar-refractivity contribution < 1.29 is 9.13 Å². The number of hydrogen-bond donors (Lipinski definition) is 1. The Morgan fingerprint density at radius 2 is 2.00 bits per heavy atom. The fourth-order valence-electron chi connectivity index (χ4n) is 1.11. The largest absolute Gasteiger partial charge is 0.492 e. The highest BCUT2D eigenvalue weighted by molar-refractivity contribution is 7.64. The van der Waals surface area contributed by atoms with Gasteiger partial charge in [0.05, 0.1) is 12.8 Å². The van der Waals surface area contributed by atoms with Gasteiger partial charge in [-0.25, -0.2) is 4.39 Å². The summed E-state index contributed by atoms with van der Waals surface area (Å²) in [4.78, 5) is 0. The molecule has 0 bridgehead atoms. The van der Waals surface area contributed by atoms with E-state index in [0.717, 1.165) is 0 Å². The highest BCUT2D eigenvalue weighted by atomic mass is 31.1. The van der Waals surface area contributed by atoms with Crippen LogP contribution in [0.3, 0.4) is 0 Å². The summed E-state index contributed by atoms with van der Waals surface area (Å²) in [7, 11) is 0.961. The van der Waals surface area contributed by atoms with Crippen LogP contribution in [0.4, 0.5) is 10.1 Å². The van der Waals surface area contributed by atoms with Crippen LogP contribution in [-0.4, -0.2) is 20.4 Å². The molecular formula is C9H13FNOP. The molecule has 0 amide bonds. The lowest BCUT2D eigenvalue weighted by Gasteiger charge is -2.12. The minimum absolute atomic E-state index is 0.161.